The van der Waals surface area contributed by atoms with Crippen LogP contribution >= 0.6 is 0 Å². The van der Waals surface area contributed by atoms with E-state index in [4.69, 9.17) is 9.47 Å². The second kappa shape index (κ2) is 20.7. The normalized spacial score (nSPS) is 26.0. The molecule has 8 amide bonds. The summed E-state index contributed by atoms with van der Waals surface area (Å²) in [5, 5.41) is 23.4. The molecule has 65 heavy (non-hydrogen) atoms. The fourth-order valence-electron chi connectivity index (χ4n) is 8.78. The number of ether oxygens (including phenoxy) is 2. The lowest BCUT2D eigenvalue weighted by atomic mass is 9.88. The third kappa shape index (κ3) is 12.9. The number of nitrogens with one attached hydrogen (secondary N) is 8. The van der Waals surface area contributed by atoms with E-state index in [2.05, 4.69) is 42.5 Å². The van der Waals surface area contributed by atoms with E-state index in [1.807, 2.05) is 0 Å². The van der Waals surface area contributed by atoms with E-state index in [-0.39, 0.29) is 12.1 Å². The molecule has 366 valence electrons. The van der Waals surface area contributed by atoms with Crippen LogP contribution in [0.2, 0.25) is 0 Å². The van der Waals surface area contributed by atoms with Crippen molar-refractivity contribution in [3.63, 3.8) is 0 Å². The summed E-state index contributed by atoms with van der Waals surface area (Å²) in [7, 11) is 1.21. The van der Waals surface area contributed by atoms with Crippen LogP contribution in [0.3, 0.4) is 0 Å². The van der Waals surface area contributed by atoms with Crippen molar-refractivity contribution in [1.82, 2.24) is 42.5 Å². The van der Waals surface area contributed by atoms with Gasteiger partial charge in [-0.2, -0.15) is 0 Å². The number of carbonyl (C=O) groups is 9. The summed E-state index contributed by atoms with van der Waals surface area (Å²) >= 11 is 0. The maximum absolute atomic E-state index is 13.8. The van der Waals surface area contributed by atoms with Gasteiger partial charge in [0.1, 0.15) is 27.3 Å². The fraction of sp³-hybridized carbons (Fsp3) is 0.804. The Kier molecular flexibility index (Phi) is 16.8. The maximum atomic E-state index is 13.8. The molecule has 8 atom stereocenters. The molecule has 4 aliphatic rings. The van der Waals surface area contributed by atoms with Gasteiger partial charge in [0, 0.05) is 42.3 Å². The summed E-state index contributed by atoms with van der Waals surface area (Å²) in [6, 6.07) is -3.63. The second-order valence-electron chi connectivity index (χ2n) is 21.5. The summed E-state index contributed by atoms with van der Waals surface area (Å²) in [5.41, 5.74) is -6.65. The number of alkyl carbamates (subject to hydrolysis) is 1. The van der Waals surface area contributed by atoms with Gasteiger partial charge in [0.05, 0.1) is 13.2 Å². The van der Waals surface area contributed by atoms with Crippen LogP contribution in [-0.4, -0.2) is 114 Å². The Morgan fingerprint density at radius 2 is 0.538 bits per heavy atom. The van der Waals surface area contributed by atoms with Crippen LogP contribution < -0.4 is 42.5 Å². The molecule has 0 aliphatic heterocycles. The number of rotatable bonds is 16. The van der Waals surface area contributed by atoms with Gasteiger partial charge in [0.25, 0.3) is 0 Å². The highest BCUT2D eigenvalue weighted by molar-refractivity contribution is 6.06. The lowest BCUT2D eigenvalue weighted by Crippen LogP contribution is -2.60. The Labute approximate surface area is 383 Å². The zero-order chi connectivity index (χ0) is 48.9. The van der Waals surface area contributed by atoms with Gasteiger partial charge in [-0.05, 0) is 153 Å². The molecule has 4 rings (SSSR count). The highest BCUT2D eigenvalue weighted by atomic mass is 16.6. The molecule has 4 fully saturated rings. The molecular formula is C46H76N8O11. The van der Waals surface area contributed by atoms with Crippen LogP contribution in [0.1, 0.15) is 153 Å². The van der Waals surface area contributed by atoms with E-state index in [0.717, 1.165) is 12.8 Å². The van der Waals surface area contributed by atoms with Crippen molar-refractivity contribution >= 4 is 53.4 Å². The van der Waals surface area contributed by atoms with Crippen LogP contribution in [-0.2, 0) is 47.8 Å². The summed E-state index contributed by atoms with van der Waals surface area (Å²) in [6.45, 7) is 17.3. The van der Waals surface area contributed by atoms with E-state index in [0.29, 0.717) is 64.2 Å². The van der Waals surface area contributed by atoms with E-state index >= 15 is 0 Å². The minimum absolute atomic E-state index is 0.346. The lowest BCUT2D eigenvalue weighted by Gasteiger charge is -2.33. The van der Waals surface area contributed by atoms with Crippen molar-refractivity contribution in [3.8, 4) is 0 Å². The van der Waals surface area contributed by atoms with Gasteiger partial charge in [-0.25, -0.2) is 4.79 Å². The average molecular weight is 917 g/mol. The topological polar surface area (TPSA) is 268 Å². The number of hydrogen-bond acceptors (Lipinski definition) is 11. The number of hydrogen-bond donors (Lipinski definition) is 8. The molecule has 0 saturated heterocycles. The Bertz CT molecular complexity index is 1840. The molecule has 19 heteroatoms. The molecule has 0 radical (unpaired) electrons. The van der Waals surface area contributed by atoms with Crippen molar-refractivity contribution in [2.24, 2.45) is 21.7 Å². The van der Waals surface area contributed by atoms with Gasteiger partial charge in [0.2, 0.25) is 41.4 Å². The number of methoxy groups -OCH3 is 1. The van der Waals surface area contributed by atoms with Crippen molar-refractivity contribution in [1.29, 1.82) is 0 Å². The largest absolute Gasteiger partial charge is 0.468 e. The first-order valence-corrected chi connectivity index (χ1v) is 23.3. The number of carbonyl (C=O) groups excluding carboxylic acids is 9. The van der Waals surface area contributed by atoms with Crippen molar-refractivity contribution < 1.29 is 52.6 Å². The van der Waals surface area contributed by atoms with E-state index in [9.17, 15) is 43.2 Å². The minimum atomic E-state index is -1.54. The molecule has 0 heterocycles. The highest BCUT2D eigenvalue weighted by Gasteiger charge is 2.47. The smallest absolute Gasteiger partial charge is 0.407 e. The molecule has 0 bridgehead atoms. The van der Waals surface area contributed by atoms with Crippen LogP contribution in [0.25, 0.3) is 0 Å². The van der Waals surface area contributed by atoms with E-state index in [1.165, 1.54) is 62.5 Å². The molecule has 19 nitrogen and oxygen atoms in total. The van der Waals surface area contributed by atoms with Crippen molar-refractivity contribution in [2.45, 2.75) is 207 Å². The average Bonchev–Trinajstić information content (AvgIpc) is 4.04. The third-order valence-electron chi connectivity index (χ3n) is 13.7. The quantitative estimate of drug-likeness (QED) is 0.0823. The first-order chi connectivity index (χ1) is 30.0. The highest BCUT2D eigenvalue weighted by Crippen LogP contribution is 2.29. The Morgan fingerprint density at radius 1 is 0.338 bits per heavy atom. The Morgan fingerprint density at radius 3 is 0.738 bits per heavy atom. The predicted molar refractivity (Wildman–Crippen MR) is 239 cm³/mol. The molecule has 0 aromatic carbocycles. The Hall–Kier alpha value is -4.97. The van der Waals surface area contributed by atoms with Gasteiger partial charge < -0.3 is 52.0 Å². The Balaban J connectivity index is 1.29. The summed E-state index contributed by atoms with van der Waals surface area (Å²) in [4.78, 5) is 120. The molecule has 0 aromatic heterocycles. The minimum Gasteiger partial charge on any atom is -0.468 e. The zero-order valence-electron chi connectivity index (χ0n) is 40.6. The number of amides is 8. The predicted octanol–water partition coefficient (Wildman–Crippen LogP) is 2.29. The molecule has 0 spiro atoms. The number of esters is 1. The van der Waals surface area contributed by atoms with E-state index in [1.54, 1.807) is 20.8 Å². The van der Waals surface area contributed by atoms with Gasteiger partial charge in [-0.15, -0.1) is 0 Å². The molecule has 4 saturated carbocycles. The van der Waals surface area contributed by atoms with Crippen LogP contribution in [0.5, 0.6) is 0 Å². The van der Waals surface area contributed by atoms with Gasteiger partial charge in [0.15, 0.2) is 0 Å². The van der Waals surface area contributed by atoms with E-state index < -0.39 is 117 Å². The molecular weight excluding hydrogens is 841 g/mol. The van der Waals surface area contributed by atoms with Crippen LogP contribution in [0.4, 0.5) is 4.79 Å². The monoisotopic (exact) mass is 917 g/mol. The fourth-order valence-corrected chi connectivity index (χ4v) is 8.78. The molecule has 0 unspecified atom stereocenters. The molecule has 0 aromatic rings. The molecule has 4 aliphatic carbocycles. The first-order valence-electron chi connectivity index (χ1n) is 23.3. The zero-order valence-corrected chi connectivity index (χ0v) is 40.6. The summed E-state index contributed by atoms with van der Waals surface area (Å²) in [6.07, 6.45) is 6.90. The van der Waals surface area contributed by atoms with Crippen LogP contribution in [0, 0.1) is 21.7 Å². The van der Waals surface area contributed by atoms with Gasteiger partial charge in [-0.1, -0.05) is 0 Å². The maximum Gasteiger partial charge on any atom is 0.407 e. The molecule has 8 N–H and O–H groups in total. The summed E-state index contributed by atoms with van der Waals surface area (Å²) < 4.78 is 10.2. The van der Waals surface area contributed by atoms with Crippen molar-refractivity contribution in [2.75, 3.05) is 7.11 Å². The third-order valence-corrected chi connectivity index (χ3v) is 13.7. The van der Waals surface area contributed by atoms with Crippen LogP contribution in [0.15, 0.2) is 0 Å². The second-order valence-corrected chi connectivity index (χ2v) is 21.5. The van der Waals surface area contributed by atoms with Crippen molar-refractivity contribution in [3.05, 3.63) is 0 Å². The lowest BCUT2D eigenvalue weighted by molar-refractivity contribution is -0.157. The first kappa shape index (κ1) is 52.7. The van der Waals surface area contributed by atoms with Gasteiger partial charge >= 0.3 is 12.1 Å². The van der Waals surface area contributed by atoms with Gasteiger partial charge in [-0.3, -0.25) is 38.4 Å². The SMILES string of the molecule is COC(=O)C(C)(C)C(=O)N[C@H]1CCC[C@@H]1NC(=O)C(C)(C)C(=O)N[C@H]1CCC[C@@H]1NC(=O)C(C)(C)C(=O)N[C@H]1CCC[C@@H]1NC(=O)C(C)(C)C(=O)N[C@H]1CCC[C@@H]1NC(=O)OC(C)(C)C. The summed E-state index contributed by atoms with van der Waals surface area (Å²) in [5.74, 6) is -4.40. The standard InChI is InChI=1S/C46H76N8O11/c1-42(2,3)65-41(63)54-32-24-16-23-31(32)52-38(60)45(8,9)37(59)50-28-20-14-19-27(28)48-34(56)43(4,5)33(55)47-25-17-13-18-26(25)49-35(57)44(6,7)36(58)51-29-21-15-22-30(29)53-39(61)46(10,11)40(62)64-12/h25-32H,13-24H2,1-12H3,(H,47,55)(H,48,56)(H,49,57)(H,50,59)(H,51,58)(H,52,60)(H,53,61)(H,54,63)/t25-,26-,27-,28-,29-,30-,31-,32-/m0/s1.